The van der Waals surface area contributed by atoms with Gasteiger partial charge in [-0.05, 0) is 49.7 Å². The quantitative estimate of drug-likeness (QED) is 0.533. The van der Waals surface area contributed by atoms with E-state index in [2.05, 4.69) is 15.2 Å². The van der Waals surface area contributed by atoms with Gasteiger partial charge in [0.25, 0.3) is 0 Å². The number of carbonyl (C=O) groups excluding carboxylic acids is 1. The first-order valence-electron chi connectivity index (χ1n) is 10.6. The van der Waals surface area contributed by atoms with Crippen LogP contribution in [0.15, 0.2) is 47.3 Å². The number of nitrogens with zero attached hydrogens (tertiary/aromatic N) is 4. The third-order valence-corrected chi connectivity index (χ3v) is 6.22. The second-order valence-electron chi connectivity index (χ2n) is 8.37. The zero-order valence-electron chi connectivity index (χ0n) is 17.8. The number of carbonyl (C=O) groups is 1. The average molecular weight is 419 g/mol. The number of aryl methyl sites for hydroxylation is 2. The Hall–Kier alpha value is -3.39. The topological polar surface area (TPSA) is 87.9 Å². The van der Waals surface area contributed by atoms with Gasteiger partial charge in [0.2, 0.25) is 5.91 Å². The normalized spacial score (nSPS) is 17.4. The number of anilines is 1. The molecular formula is C23H26N6O2. The Morgan fingerprint density at radius 3 is 2.81 bits per heavy atom. The number of fused-ring (bicyclic) bond motifs is 2. The van der Waals surface area contributed by atoms with E-state index in [-0.39, 0.29) is 11.6 Å². The van der Waals surface area contributed by atoms with Crippen molar-refractivity contribution in [3.05, 3.63) is 58.8 Å². The maximum absolute atomic E-state index is 12.7. The van der Waals surface area contributed by atoms with Gasteiger partial charge < -0.3 is 10.3 Å². The number of hydrogen-bond donors (Lipinski definition) is 2. The lowest BCUT2D eigenvalue weighted by Crippen LogP contribution is -2.40. The van der Waals surface area contributed by atoms with Crippen molar-refractivity contribution >= 4 is 33.7 Å². The van der Waals surface area contributed by atoms with Crippen LogP contribution in [0.2, 0.25) is 0 Å². The molecule has 0 radical (unpaired) electrons. The molecule has 1 aliphatic heterocycles. The highest BCUT2D eigenvalue weighted by atomic mass is 16.2. The number of hydrogen-bond acceptors (Lipinski definition) is 4. The van der Waals surface area contributed by atoms with Crippen LogP contribution in [0.4, 0.5) is 5.69 Å². The zero-order valence-corrected chi connectivity index (χ0v) is 17.8. The minimum Gasteiger partial charge on any atom is -0.342 e. The Morgan fingerprint density at radius 1 is 1.16 bits per heavy atom. The Kier molecular flexibility index (Phi) is 4.86. The van der Waals surface area contributed by atoms with Crippen molar-refractivity contribution in [2.75, 3.05) is 25.0 Å². The molecule has 4 aromatic rings. The smallest absolute Gasteiger partial charge is 0.328 e. The molecule has 8 nitrogen and oxygen atoms in total. The van der Waals surface area contributed by atoms with Crippen LogP contribution in [0.25, 0.3) is 22.1 Å². The van der Waals surface area contributed by atoms with Gasteiger partial charge in [-0.2, -0.15) is 0 Å². The standard InChI is InChI=1S/C23H26N6O2/c1-27-19-10-9-16(12-20(19)28(2)23(27)31)24-21(30)14-29-11-5-6-15(13-29)22-25-17-7-3-4-8-18(17)26-22/h3-4,7-10,12,15H,5-6,11,13-14H2,1-2H3,(H,24,30)(H,25,26). The molecule has 2 aromatic carbocycles. The van der Waals surface area contributed by atoms with E-state index in [0.29, 0.717) is 18.2 Å². The molecule has 2 aromatic heterocycles. The van der Waals surface area contributed by atoms with Gasteiger partial charge in [-0.25, -0.2) is 9.78 Å². The summed E-state index contributed by atoms with van der Waals surface area (Å²) in [7, 11) is 3.49. The third kappa shape index (κ3) is 3.63. The van der Waals surface area contributed by atoms with Crippen molar-refractivity contribution in [2.45, 2.75) is 18.8 Å². The first-order valence-corrected chi connectivity index (χ1v) is 10.6. The van der Waals surface area contributed by atoms with Gasteiger partial charge in [0.1, 0.15) is 5.82 Å². The number of rotatable bonds is 4. The van der Waals surface area contributed by atoms with Gasteiger partial charge in [0.05, 0.1) is 28.6 Å². The monoisotopic (exact) mass is 418 g/mol. The predicted molar refractivity (Wildman–Crippen MR) is 121 cm³/mol. The molecule has 0 aliphatic carbocycles. The fourth-order valence-corrected chi connectivity index (χ4v) is 4.58. The second-order valence-corrected chi connectivity index (χ2v) is 8.37. The molecule has 1 saturated heterocycles. The summed E-state index contributed by atoms with van der Waals surface area (Å²) in [6, 6.07) is 13.6. The summed E-state index contributed by atoms with van der Waals surface area (Å²) in [5, 5.41) is 2.98. The Balaban J connectivity index is 1.26. The van der Waals surface area contributed by atoms with Crippen LogP contribution in [0, 0.1) is 0 Å². The maximum Gasteiger partial charge on any atom is 0.328 e. The molecule has 8 heteroatoms. The summed E-state index contributed by atoms with van der Waals surface area (Å²) in [5.41, 5.74) is 4.30. The van der Waals surface area contributed by atoms with Crippen molar-refractivity contribution < 1.29 is 4.79 Å². The van der Waals surface area contributed by atoms with E-state index >= 15 is 0 Å². The van der Waals surface area contributed by atoms with E-state index in [4.69, 9.17) is 4.98 Å². The summed E-state index contributed by atoms with van der Waals surface area (Å²) in [4.78, 5) is 35.2. The van der Waals surface area contributed by atoms with E-state index < -0.39 is 0 Å². The molecule has 31 heavy (non-hydrogen) atoms. The van der Waals surface area contributed by atoms with Crippen LogP contribution < -0.4 is 11.0 Å². The molecule has 0 bridgehead atoms. The molecule has 2 N–H and O–H groups in total. The molecule has 1 aliphatic rings. The summed E-state index contributed by atoms with van der Waals surface area (Å²) >= 11 is 0. The Labute approximate surface area is 179 Å². The summed E-state index contributed by atoms with van der Waals surface area (Å²) in [6.07, 6.45) is 2.10. The van der Waals surface area contributed by atoms with Crippen LogP contribution in [-0.2, 0) is 18.9 Å². The summed E-state index contributed by atoms with van der Waals surface area (Å²) < 4.78 is 3.19. The van der Waals surface area contributed by atoms with Crippen molar-refractivity contribution in [3.8, 4) is 0 Å². The van der Waals surface area contributed by atoms with Gasteiger partial charge in [0.15, 0.2) is 0 Å². The number of benzene rings is 2. The minimum absolute atomic E-state index is 0.0504. The molecule has 1 atom stereocenters. The number of imidazole rings is 2. The van der Waals surface area contributed by atoms with E-state index in [1.807, 2.05) is 42.5 Å². The molecule has 0 spiro atoms. The van der Waals surface area contributed by atoms with Gasteiger partial charge in [-0.15, -0.1) is 0 Å². The molecular weight excluding hydrogens is 392 g/mol. The van der Waals surface area contributed by atoms with E-state index in [0.717, 1.165) is 53.8 Å². The highest BCUT2D eigenvalue weighted by molar-refractivity contribution is 5.94. The number of likely N-dealkylation sites (tertiary alicyclic amines) is 1. The highest BCUT2D eigenvalue weighted by Gasteiger charge is 2.25. The lowest BCUT2D eigenvalue weighted by Gasteiger charge is -2.31. The number of aromatic amines is 1. The Bertz CT molecular complexity index is 1300. The van der Waals surface area contributed by atoms with Crippen molar-refractivity contribution in [1.29, 1.82) is 0 Å². The van der Waals surface area contributed by atoms with Crippen LogP contribution >= 0.6 is 0 Å². The van der Waals surface area contributed by atoms with Crippen LogP contribution in [0.3, 0.4) is 0 Å². The molecule has 5 rings (SSSR count). The van der Waals surface area contributed by atoms with Crippen LogP contribution in [0.5, 0.6) is 0 Å². The fraction of sp³-hybridized carbons (Fsp3) is 0.348. The van der Waals surface area contributed by atoms with Crippen molar-refractivity contribution in [1.82, 2.24) is 24.0 Å². The lowest BCUT2D eigenvalue weighted by molar-refractivity contribution is -0.117. The first-order chi connectivity index (χ1) is 15.0. The summed E-state index contributed by atoms with van der Waals surface area (Å²) in [5.74, 6) is 1.25. The molecule has 1 amide bonds. The number of piperidine rings is 1. The van der Waals surface area contributed by atoms with Gasteiger partial charge in [0, 0.05) is 32.2 Å². The van der Waals surface area contributed by atoms with Crippen LogP contribution in [0.1, 0.15) is 24.6 Å². The summed E-state index contributed by atoms with van der Waals surface area (Å²) in [6.45, 7) is 2.04. The van der Waals surface area contributed by atoms with Crippen molar-refractivity contribution in [2.24, 2.45) is 14.1 Å². The van der Waals surface area contributed by atoms with E-state index in [1.165, 1.54) is 0 Å². The second kappa shape index (κ2) is 7.70. The lowest BCUT2D eigenvalue weighted by atomic mass is 9.97. The molecule has 160 valence electrons. The SMILES string of the molecule is Cn1c(=O)n(C)c2cc(NC(=O)CN3CCCC(c4nc5ccccc5[nH]4)C3)ccc21. The highest BCUT2D eigenvalue weighted by Crippen LogP contribution is 2.26. The van der Waals surface area contributed by atoms with Gasteiger partial charge >= 0.3 is 5.69 Å². The maximum atomic E-state index is 12.7. The van der Waals surface area contributed by atoms with Crippen molar-refractivity contribution in [3.63, 3.8) is 0 Å². The number of H-pyrrole nitrogens is 1. The van der Waals surface area contributed by atoms with Gasteiger partial charge in [-0.1, -0.05) is 12.1 Å². The third-order valence-electron chi connectivity index (χ3n) is 6.22. The van der Waals surface area contributed by atoms with E-state index in [1.54, 1.807) is 23.2 Å². The Morgan fingerprint density at radius 2 is 1.97 bits per heavy atom. The molecule has 1 unspecified atom stereocenters. The first kappa shape index (κ1) is 19.6. The van der Waals surface area contributed by atoms with Crippen LogP contribution in [-0.4, -0.2) is 49.5 Å². The fourth-order valence-electron chi connectivity index (χ4n) is 4.58. The molecule has 1 fully saturated rings. The predicted octanol–water partition coefficient (Wildman–Crippen LogP) is 2.57. The number of amides is 1. The van der Waals surface area contributed by atoms with E-state index in [9.17, 15) is 9.59 Å². The minimum atomic E-state index is -0.0802. The average Bonchev–Trinajstić information content (AvgIpc) is 3.30. The number of para-hydroxylation sites is 2. The number of nitrogens with one attached hydrogen (secondary N) is 2. The zero-order chi connectivity index (χ0) is 21.5. The molecule has 3 heterocycles. The van der Waals surface area contributed by atoms with Gasteiger partial charge in [-0.3, -0.25) is 18.8 Å². The largest absolute Gasteiger partial charge is 0.342 e. The number of aromatic nitrogens is 4. The molecule has 0 saturated carbocycles.